The van der Waals surface area contributed by atoms with E-state index in [9.17, 15) is 0 Å². The van der Waals surface area contributed by atoms with Crippen molar-refractivity contribution in [3.05, 3.63) is 53.4 Å². The minimum atomic E-state index is 0.591. The maximum Gasteiger partial charge on any atom is 0.223 e. The molecule has 2 N–H and O–H groups in total. The Morgan fingerprint density at radius 3 is 3.04 bits per heavy atom. The predicted molar refractivity (Wildman–Crippen MR) is 108 cm³/mol. The van der Waals surface area contributed by atoms with Gasteiger partial charge in [-0.3, -0.25) is 9.78 Å². The Morgan fingerprint density at radius 2 is 2.22 bits per heavy atom. The minimum absolute atomic E-state index is 0.591. The molecule has 0 aliphatic rings. The fourth-order valence-corrected chi connectivity index (χ4v) is 3.72. The molecule has 0 unspecified atom stereocenters. The Kier molecular flexibility index (Phi) is 4.97. The van der Waals surface area contributed by atoms with Crippen molar-refractivity contribution in [3.8, 4) is 21.8 Å². The van der Waals surface area contributed by atoms with Gasteiger partial charge in [-0.2, -0.15) is 10.2 Å². The maximum absolute atomic E-state index is 4.67. The largest absolute Gasteiger partial charge is 0.350 e. The lowest BCUT2D eigenvalue weighted by molar-refractivity contribution is 0.598. The summed E-state index contributed by atoms with van der Waals surface area (Å²) < 4.78 is 1.97. The lowest BCUT2D eigenvalue weighted by Crippen LogP contribution is -2.04. The van der Waals surface area contributed by atoms with Crippen LogP contribution in [0.15, 0.2) is 42.2 Å². The van der Waals surface area contributed by atoms with Crippen molar-refractivity contribution in [2.24, 2.45) is 0 Å². The second-order valence-electron chi connectivity index (χ2n) is 6.26. The molecule has 0 atom stereocenters. The van der Waals surface area contributed by atoms with Gasteiger partial charge in [-0.1, -0.05) is 13.0 Å². The molecule has 4 aromatic heterocycles. The van der Waals surface area contributed by atoms with Crippen LogP contribution in [0.1, 0.15) is 24.6 Å². The summed E-state index contributed by atoms with van der Waals surface area (Å²) in [6, 6.07) is 6.03. The zero-order valence-electron chi connectivity index (χ0n) is 15.3. The molecule has 138 valence electrons. The fraction of sp³-hybridized carbons (Fsp3) is 0.263. The summed E-state index contributed by atoms with van der Waals surface area (Å²) in [6.45, 7) is 5.66. The Balaban J connectivity index is 1.52. The molecule has 8 heteroatoms. The highest BCUT2D eigenvalue weighted by atomic mass is 32.1. The van der Waals surface area contributed by atoms with E-state index < -0.39 is 0 Å². The van der Waals surface area contributed by atoms with Gasteiger partial charge in [0.2, 0.25) is 5.95 Å². The van der Waals surface area contributed by atoms with E-state index in [0.29, 0.717) is 12.5 Å². The van der Waals surface area contributed by atoms with Gasteiger partial charge in [0.15, 0.2) is 0 Å². The molecule has 0 saturated carbocycles. The number of hydrogen-bond donors (Lipinski definition) is 2. The molecule has 7 nitrogen and oxygen atoms in total. The van der Waals surface area contributed by atoms with Crippen LogP contribution in [0.3, 0.4) is 0 Å². The molecular formula is C19H21N7S. The van der Waals surface area contributed by atoms with Crippen LogP contribution < -0.4 is 5.32 Å². The van der Waals surface area contributed by atoms with Crippen LogP contribution in [0.5, 0.6) is 0 Å². The fourth-order valence-electron chi connectivity index (χ4n) is 2.96. The second kappa shape index (κ2) is 7.71. The third-order valence-corrected chi connectivity index (χ3v) is 5.14. The Morgan fingerprint density at radius 1 is 1.30 bits per heavy atom. The van der Waals surface area contributed by atoms with Gasteiger partial charge < -0.3 is 5.32 Å². The maximum atomic E-state index is 4.67. The molecule has 4 aromatic rings. The van der Waals surface area contributed by atoms with Crippen LogP contribution in [0.2, 0.25) is 0 Å². The third-order valence-electron chi connectivity index (χ3n) is 4.25. The van der Waals surface area contributed by atoms with Crippen LogP contribution in [-0.2, 0) is 13.1 Å². The highest BCUT2D eigenvalue weighted by Gasteiger charge is 2.11. The molecule has 0 saturated heterocycles. The molecular weight excluding hydrogens is 358 g/mol. The summed E-state index contributed by atoms with van der Waals surface area (Å²) in [5.41, 5.74) is 5.00. The summed E-state index contributed by atoms with van der Waals surface area (Å²) in [5, 5.41) is 17.2. The number of hydrogen-bond acceptors (Lipinski definition) is 6. The number of aryl methyl sites for hydroxylation is 2. The summed E-state index contributed by atoms with van der Waals surface area (Å²) >= 11 is 1.68. The molecule has 0 aromatic carbocycles. The predicted octanol–water partition coefficient (Wildman–Crippen LogP) is 4.12. The number of aromatic amines is 1. The summed E-state index contributed by atoms with van der Waals surface area (Å²) in [4.78, 5) is 10.2. The zero-order chi connectivity index (χ0) is 18.6. The molecule has 4 rings (SSSR count). The SMILES string of the molecule is CCCn1cc(-c2ccnc(NCc3cn[nH]c3-c3cccs3)n2)c(C)n1. The Bertz CT molecular complexity index is 1020. The van der Waals surface area contributed by atoms with Crippen molar-refractivity contribution >= 4 is 17.3 Å². The first-order valence-electron chi connectivity index (χ1n) is 8.92. The first kappa shape index (κ1) is 17.4. The molecule has 27 heavy (non-hydrogen) atoms. The van der Waals surface area contributed by atoms with Crippen molar-refractivity contribution in [1.29, 1.82) is 0 Å². The molecule has 0 fully saturated rings. The molecule has 0 aliphatic heterocycles. The number of anilines is 1. The molecule has 0 bridgehead atoms. The molecule has 0 spiro atoms. The van der Waals surface area contributed by atoms with Crippen LogP contribution in [0.4, 0.5) is 5.95 Å². The van der Waals surface area contributed by atoms with Crippen LogP contribution >= 0.6 is 11.3 Å². The minimum Gasteiger partial charge on any atom is -0.350 e. The highest BCUT2D eigenvalue weighted by Crippen LogP contribution is 2.26. The first-order chi connectivity index (χ1) is 13.2. The van der Waals surface area contributed by atoms with Gasteiger partial charge in [0.1, 0.15) is 0 Å². The van der Waals surface area contributed by atoms with E-state index in [2.05, 4.69) is 55.1 Å². The van der Waals surface area contributed by atoms with Gasteiger partial charge in [0.25, 0.3) is 0 Å². The summed E-state index contributed by atoms with van der Waals surface area (Å²) in [6.07, 6.45) is 6.71. The van der Waals surface area contributed by atoms with Crippen molar-refractivity contribution in [2.75, 3.05) is 5.32 Å². The van der Waals surface area contributed by atoms with E-state index in [1.807, 2.05) is 29.9 Å². The summed E-state index contributed by atoms with van der Waals surface area (Å²) in [7, 11) is 0. The van der Waals surface area contributed by atoms with Gasteiger partial charge in [-0.05, 0) is 30.9 Å². The van der Waals surface area contributed by atoms with Gasteiger partial charge in [-0.25, -0.2) is 9.97 Å². The highest BCUT2D eigenvalue weighted by molar-refractivity contribution is 7.13. The number of rotatable bonds is 7. The Hall–Kier alpha value is -3.00. The molecule has 0 amide bonds. The van der Waals surface area contributed by atoms with E-state index in [-0.39, 0.29) is 0 Å². The third kappa shape index (κ3) is 3.75. The van der Waals surface area contributed by atoms with Crippen molar-refractivity contribution in [2.45, 2.75) is 33.4 Å². The average molecular weight is 379 g/mol. The quantitative estimate of drug-likeness (QED) is 0.504. The molecule has 0 aliphatic carbocycles. The molecule has 4 heterocycles. The lowest BCUT2D eigenvalue weighted by atomic mass is 10.2. The second-order valence-corrected chi connectivity index (χ2v) is 7.21. The summed E-state index contributed by atoms with van der Waals surface area (Å²) in [5.74, 6) is 0.591. The van der Waals surface area contributed by atoms with Crippen molar-refractivity contribution in [1.82, 2.24) is 29.9 Å². The Labute approximate surface area is 161 Å². The van der Waals surface area contributed by atoms with Crippen LogP contribution in [-0.4, -0.2) is 29.9 Å². The van der Waals surface area contributed by atoms with E-state index in [0.717, 1.165) is 46.1 Å². The average Bonchev–Trinajstić information content (AvgIpc) is 3.41. The van der Waals surface area contributed by atoms with Gasteiger partial charge in [0.05, 0.1) is 28.2 Å². The number of nitrogens with zero attached hydrogens (tertiary/aromatic N) is 5. The van der Waals surface area contributed by atoms with Crippen molar-refractivity contribution < 1.29 is 0 Å². The first-order valence-corrected chi connectivity index (χ1v) is 9.80. The monoisotopic (exact) mass is 379 g/mol. The smallest absolute Gasteiger partial charge is 0.223 e. The lowest BCUT2D eigenvalue weighted by Gasteiger charge is -2.06. The number of nitrogens with one attached hydrogen (secondary N) is 2. The normalized spacial score (nSPS) is 11.0. The van der Waals surface area contributed by atoms with Crippen LogP contribution in [0.25, 0.3) is 21.8 Å². The van der Waals surface area contributed by atoms with Crippen molar-refractivity contribution in [3.63, 3.8) is 0 Å². The van der Waals surface area contributed by atoms with Gasteiger partial charge in [0, 0.05) is 36.6 Å². The van der Waals surface area contributed by atoms with E-state index in [1.54, 1.807) is 17.5 Å². The zero-order valence-corrected chi connectivity index (χ0v) is 16.1. The van der Waals surface area contributed by atoms with Gasteiger partial charge in [-0.15, -0.1) is 11.3 Å². The molecule has 0 radical (unpaired) electrons. The topological polar surface area (TPSA) is 84.3 Å². The van der Waals surface area contributed by atoms with E-state index >= 15 is 0 Å². The standard InChI is InChI=1S/C19H21N7S/c1-3-8-26-12-15(13(2)25-26)16-6-7-20-19(23-16)21-10-14-11-22-24-18(14)17-5-4-9-27-17/h4-7,9,11-12H,3,8,10H2,1-2H3,(H,22,24)(H,20,21,23). The number of thiophene rings is 1. The van der Waals surface area contributed by atoms with Gasteiger partial charge >= 0.3 is 0 Å². The van der Waals surface area contributed by atoms with E-state index in [4.69, 9.17) is 0 Å². The number of H-pyrrole nitrogens is 1. The number of aromatic nitrogens is 6. The van der Waals surface area contributed by atoms with E-state index in [1.165, 1.54) is 0 Å². The van der Waals surface area contributed by atoms with Crippen LogP contribution in [0, 0.1) is 6.92 Å².